The van der Waals surface area contributed by atoms with E-state index >= 15 is 0 Å². The third-order valence-corrected chi connectivity index (χ3v) is 9.00. The molecule has 6 atom stereocenters. The zero-order valence-corrected chi connectivity index (χ0v) is 22.3. The fourth-order valence-electron chi connectivity index (χ4n) is 4.41. The Hall–Kier alpha value is -2.55. The van der Waals surface area contributed by atoms with Crippen LogP contribution in [0.3, 0.4) is 0 Å². The van der Waals surface area contributed by atoms with Gasteiger partial charge in [0, 0.05) is 0 Å². The van der Waals surface area contributed by atoms with Crippen LogP contribution in [-0.4, -0.2) is 69.5 Å². The number of hydrogen-bond acceptors (Lipinski definition) is 6. The summed E-state index contributed by atoms with van der Waals surface area (Å²) in [5.74, 6) is -1.73. The van der Waals surface area contributed by atoms with Crippen LogP contribution in [0.4, 0.5) is 0 Å². The number of aliphatic hydroxyl groups excluding tert-OH is 1. The predicted molar refractivity (Wildman–Crippen MR) is 139 cm³/mol. The van der Waals surface area contributed by atoms with Crippen LogP contribution in [0.15, 0.2) is 91.0 Å². The van der Waals surface area contributed by atoms with Crippen molar-refractivity contribution in [1.82, 2.24) is 0 Å². The van der Waals surface area contributed by atoms with E-state index in [4.69, 9.17) is 18.9 Å². The second kappa shape index (κ2) is 13.8. The molecule has 0 saturated carbocycles. The molecule has 0 amide bonds. The summed E-state index contributed by atoms with van der Waals surface area (Å²) in [4.78, 5) is 11.7. The van der Waals surface area contributed by atoms with Crippen LogP contribution in [0, 0.1) is 5.92 Å². The van der Waals surface area contributed by atoms with E-state index in [1.54, 1.807) is 0 Å². The third kappa shape index (κ3) is 7.49. The average molecular weight is 572 g/mol. The van der Waals surface area contributed by atoms with Gasteiger partial charge in [-0.2, -0.15) is 0 Å². The van der Waals surface area contributed by atoms with E-state index in [-0.39, 0.29) is 6.61 Å². The molecule has 3 aromatic carbocycles. The van der Waals surface area contributed by atoms with Gasteiger partial charge in [-0.15, -0.1) is 0 Å². The van der Waals surface area contributed by atoms with Crippen molar-refractivity contribution in [2.75, 3.05) is 13.7 Å². The molecule has 37 heavy (non-hydrogen) atoms. The van der Waals surface area contributed by atoms with Crippen molar-refractivity contribution in [3.05, 3.63) is 102 Å². The molecule has 8 heteroatoms. The first kappa shape index (κ1) is 27.5. The maximum atomic E-state index is 12.5. The average Bonchev–Trinajstić information content (AvgIpc) is 3.26. The number of rotatable bonds is 13. The summed E-state index contributed by atoms with van der Waals surface area (Å²) in [6.07, 6.45) is -3.46. The molecule has 1 aliphatic heterocycles. The van der Waals surface area contributed by atoms with Crippen molar-refractivity contribution in [2.24, 2.45) is 5.92 Å². The van der Waals surface area contributed by atoms with Gasteiger partial charge in [0.1, 0.15) is 0 Å². The van der Waals surface area contributed by atoms with Gasteiger partial charge in [0.2, 0.25) is 0 Å². The zero-order chi connectivity index (χ0) is 26.0. The number of methoxy groups -OCH3 is 1. The summed E-state index contributed by atoms with van der Waals surface area (Å²) in [7, 11) is 1.44. The van der Waals surface area contributed by atoms with E-state index in [1.807, 2.05) is 91.0 Å². The SMILES string of the molecule is CO[C@@H]1O[C@H]([C@@H](COCc2ccccc2)OCc2ccccc2)[C@H]([C@H]([Se]c2ccccc2)C(=O)O)[C@H]1O. The van der Waals surface area contributed by atoms with E-state index in [1.165, 1.54) is 7.11 Å². The molecule has 0 aliphatic carbocycles. The van der Waals surface area contributed by atoms with Crippen LogP contribution >= 0.6 is 0 Å². The van der Waals surface area contributed by atoms with Gasteiger partial charge in [-0.1, -0.05) is 0 Å². The van der Waals surface area contributed by atoms with E-state index in [9.17, 15) is 15.0 Å². The fraction of sp³-hybridized carbons (Fsp3) is 0.345. The molecule has 1 saturated heterocycles. The number of carboxylic acids is 1. The monoisotopic (exact) mass is 572 g/mol. The summed E-state index contributed by atoms with van der Waals surface area (Å²) < 4.78 is 24.8. The Labute approximate surface area is 223 Å². The first-order valence-corrected chi connectivity index (χ1v) is 14.0. The third-order valence-electron chi connectivity index (χ3n) is 6.24. The summed E-state index contributed by atoms with van der Waals surface area (Å²) in [6.45, 7) is 0.828. The number of hydrogen-bond donors (Lipinski definition) is 2. The van der Waals surface area contributed by atoms with E-state index < -0.39 is 56.3 Å². The number of carbonyl (C=O) groups is 1. The van der Waals surface area contributed by atoms with Crippen molar-refractivity contribution in [3.8, 4) is 0 Å². The minimum absolute atomic E-state index is 0.163. The standard InChI is InChI=1S/C29H32O7Se/c1-33-29-25(30)24(27(28(31)32)37-22-15-9-4-10-16-22)26(36-29)23(35-18-21-13-7-3-8-14-21)19-34-17-20-11-5-2-6-12-20/h2-16,23-27,29-30H,17-19H2,1H3,(H,31,32)/t23-,24-,25-,26-,27+,29-/m1/s1. The number of carboxylic acid groups (broad SMARTS) is 1. The first-order chi connectivity index (χ1) is 18.1. The van der Waals surface area contributed by atoms with Gasteiger partial charge in [0.15, 0.2) is 0 Å². The van der Waals surface area contributed by atoms with Crippen molar-refractivity contribution in [1.29, 1.82) is 0 Å². The minimum atomic E-state index is -1.13. The van der Waals surface area contributed by atoms with Crippen LogP contribution in [0.5, 0.6) is 0 Å². The first-order valence-electron chi connectivity index (χ1n) is 12.1. The number of benzene rings is 3. The zero-order valence-electron chi connectivity index (χ0n) is 20.6. The van der Waals surface area contributed by atoms with Crippen LogP contribution in [0.1, 0.15) is 11.1 Å². The Morgan fingerprint density at radius 3 is 2.05 bits per heavy atom. The Bertz CT molecular complexity index is 1080. The van der Waals surface area contributed by atoms with Crippen LogP contribution in [0.25, 0.3) is 0 Å². The molecule has 1 fully saturated rings. The summed E-state index contributed by atoms with van der Waals surface area (Å²) >= 11 is -0.460. The summed E-state index contributed by atoms with van der Waals surface area (Å²) in [5.41, 5.74) is 1.98. The molecule has 0 spiro atoms. The Morgan fingerprint density at radius 1 is 0.919 bits per heavy atom. The molecule has 1 heterocycles. The Kier molecular flexibility index (Phi) is 10.3. The van der Waals surface area contributed by atoms with E-state index in [2.05, 4.69) is 0 Å². The van der Waals surface area contributed by atoms with E-state index in [0.29, 0.717) is 13.2 Å². The van der Waals surface area contributed by atoms with Crippen LogP contribution in [-0.2, 0) is 37.0 Å². The van der Waals surface area contributed by atoms with Gasteiger partial charge >= 0.3 is 224 Å². The second-order valence-corrected chi connectivity index (χ2v) is 11.3. The second-order valence-electron chi connectivity index (χ2n) is 8.80. The molecule has 0 aromatic heterocycles. The molecular weight excluding hydrogens is 539 g/mol. The molecule has 0 bridgehead atoms. The van der Waals surface area contributed by atoms with Crippen molar-refractivity contribution < 1.29 is 34.0 Å². The van der Waals surface area contributed by atoms with Crippen molar-refractivity contribution >= 4 is 25.4 Å². The van der Waals surface area contributed by atoms with Gasteiger partial charge in [0.25, 0.3) is 0 Å². The predicted octanol–water partition coefficient (Wildman–Crippen LogP) is 3.04. The molecule has 0 radical (unpaired) electrons. The number of aliphatic hydroxyl groups is 1. The fourth-order valence-corrected chi connectivity index (χ4v) is 6.88. The Morgan fingerprint density at radius 2 is 1.49 bits per heavy atom. The topological polar surface area (TPSA) is 94.5 Å². The molecule has 196 valence electrons. The summed E-state index contributed by atoms with van der Waals surface area (Å²) in [5, 5.41) is 21.4. The molecule has 2 N–H and O–H groups in total. The molecular formula is C29H32O7Se. The number of aliphatic carboxylic acids is 1. The van der Waals surface area contributed by atoms with Gasteiger partial charge in [-0.25, -0.2) is 0 Å². The van der Waals surface area contributed by atoms with Gasteiger partial charge in [-0.3, -0.25) is 0 Å². The molecule has 4 rings (SSSR count). The quantitative estimate of drug-likeness (QED) is 0.305. The molecule has 1 aliphatic rings. The van der Waals surface area contributed by atoms with Gasteiger partial charge in [-0.05, 0) is 0 Å². The van der Waals surface area contributed by atoms with E-state index in [0.717, 1.165) is 15.6 Å². The van der Waals surface area contributed by atoms with Gasteiger partial charge < -0.3 is 0 Å². The maximum absolute atomic E-state index is 12.5. The van der Waals surface area contributed by atoms with Gasteiger partial charge in [0.05, 0.1) is 0 Å². The van der Waals surface area contributed by atoms with Crippen LogP contribution in [0.2, 0.25) is 4.82 Å². The molecule has 3 aromatic rings. The number of ether oxygens (including phenoxy) is 4. The van der Waals surface area contributed by atoms with Crippen molar-refractivity contribution in [2.45, 2.75) is 42.6 Å². The molecule has 7 nitrogen and oxygen atoms in total. The molecule has 0 unspecified atom stereocenters. The Balaban J connectivity index is 1.57. The van der Waals surface area contributed by atoms with Crippen molar-refractivity contribution in [3.63, 3.8) is 0 Å². The van der Waals surface area contributed by atoms with Crippen LogP contribution < -0.4 is 4.46 Å². The normalized spacial score (nSPS) is 23.0. The summed E-state index contributed by atoms with van der Waals surface area (Å²) in [6, 6.07) is 29.0.